The van der Waals surface area contributed by atoms with E-state index >= 15 is 0 Å². The monoisotopic (exact) mass is 286 g/mol. The van der Waals surface area contributed by atoms with E-state index in [2.05, 4.69) is 20.3 Å². The van der Waals surface area contributed by atoms with E-state index in [0.29, 0.717) is 18.7 Å². The Balaban J connectivity index is 1.78. The molecule has 1 aliphatic rings. The highest BCUT2D eigenvalue weighted by Crippen LogP contribution is 2.37. The second-order valence-corrected chi connectivity index (χ2v) is 5.51. The molecule has 2 aromatic heterocycles. The summed E-state index contributed by atoms with van der Waals surface area (Å²) in [6.45, 7) is 1.85. The van der Waals surface area contributed by atoms with Crippen LogP contribution in [0.3, 0.4) is 0 Å². The first-order valence-electron chi connectivity index (χ1n) is 7.05. The van der Waals surface area contributed by atoms with Gasteiger partial charge in [-0.1, -0.05) is 6.07 Å². The number of carbonyl (C=O) groups excluding carboxylic acids is 1. The Morgan fingerprint density at radius 3 is 2.81 bits per heavy atom. The third-order valence-corrected chi connectivity index (χ3v) is 3.83. The van der Waals surface area contributed by atoms with Gasteiger partial charge in [0, 0.05) is 18.1 Å². The number of H-pyrrole nitrogens is 1. The van der Waals surface area contributed by atoms with Gasteiger partial charge in [0.25, 0.3) is 5.91 Å². The topological polar surface area (TPSA) is 90.9 Å². The number of aromatic amines is 1. The Labute approximate surface area is 122 Å². The Bertz CT molecular complexity index is 620. The van der Waals surface area contributed by atoms with E-state index in [1.807, 2.05) is 25.1 Å². The van der Waals surface area contributed by atoms with Crippen molar-refractivity contribution in [3.8, 4) is 0 Å². The molecule has 3 N–H and O–H groups in total. The molecule has 3 rings (SSSR count). The molecule has 1 fully saturated rings. The lowest BCUT2D eigenvalue weighted by molar-refractivity contribution is 0.0227. The summed E-state index contributed by atoms with van der Waals surface area (Å²) < 4.78 is 0. The average molecular weight is 286 g/mol. The quantitative estimate of drug-likeness (QED) is 0.791. The molecule has 2 aromatic rings. The fourth-order valence-corrected chi connectivity index (χ4v) is 2.63. The summed E-state index contributed by atoms with van der Waals surface area (Å²) >= 11 is 0. The number of hydrogen-bond acceptors (Lipinski definition) is 4. The number of rotatable bonds is 4. The zero-order valence-corrected chi connectivity index (χ0v) is 11.8. The van der Waals surface area contributed by atoms with Crippen molar-refractivity contribution < 1.29 is 9.90 Å². The minimum absolute atomic E-state index is 0.201. The van der Waals surface area contributed by atoms with Crippen molar-refractivity contribution in [2.45, 2.75) is 31.9 Å². The Morgan fingerprint density at radius 2 is 2.24 bits per heavy atom. The second-order valence-electron chi connectivity index (χ2n) is 5.51. The summed E-state index contributed by atoms with van der Waals surface area (Å²) in [5.41, 5.74) is 1.65. The first-order chi connectivity index (χ1) is 10.1. The van der Waals surface area contributed by atoms with Crippen LogP contribution < -0.4 is 5.32 Å². The number of amides is 1. The number of hydrogen-bond donors (Lipinski definition) is 3. The largest absolute Gasteiger partial charge is 0.393 e. The minimum atomic E-state index is -0.274. The number of carbonyl (C=O) groups is 1. The maximum atomic E-state index is 12.3. The number of nitrogens with one attached hydrogen (secondary N) is 2. The zero-order valence-electron chi connectivity index (χ0n) is 11.8. The summed E-state index contributed by atoms with van der Waals surface area (Å²) in [6.07, 6.45) is 4.42. The highest BCUT2D eigenvalue weighted by atomic mass is 16.3. The highest BCUT2D eigenvalue weighted by Gasteiger charge is 2.36. The van der Waals surface area contributed by atoms with Crippen LogP contribution in [0.2, 0.25) is 0 Å². The van der Waals surface area contributed by atoms with E-state index in [9.17, 15) is 9.90 Å². The smallest absolute Gasteiger partial charge is 0.287 e. The van der Waals surface area contributed by atoms with Crippen molar-refractivity contribution in [1.82, 2.24) is 20.3 Å². The molecule has 6 nitrogen and oxygen atoms in total. The number of imidazole rings is 1. The second kappa shape index (κ2) is 5.65. The molecule has 0 aliphatic heterocycles. The molecule has 0 spiro atoms. The molecule has 1 amide bonds. The van der Waals surface area contributed by atoms with Crippen LogP contribution in [0.15, 0.2) is 30.6 Å². The number of aryl methyl sites for hydroxylation is 1. The van der Waals surface area contributed by atoms with Crippen LogP contribution in [-0.4, -0.2) is 32.1 Å². The van der Waals surface area contributed by atoms with E-state index in [-0.39, 0.29) is 24.0 Å². The van der Waals surface area contributed by atoms with Crippen LogP contribution in [0.5, 0.6) is 0 Å². The number of nitrogens with zero attached hydrogens (tertiary/aromatic N) is 2. The molecule has 1 aliphatic carbocycles. The van der Waals surface area contributed by atoms with Crippen molar-refractivity contribution in [3.05, 3.63) is 47.8 Å². The minimum Gasteiger partial charge on any atom is -0.393 e. The van der Waals surface area contributed by atoms with E-state index in [1.54, 1.807) is 12.4 Å². The van der Waals surface area contributed by atoms with Crippen LogP contribution in [0.25, 0.3) is 0 Å². The molecule has 21 heavy (non-hydrogen) atoms. The van der Waals surface area contributed by atoms with E-state index < -0.39 is 0 Å². The molecule has 0 bridgehead atoms. The molecule has 0 saturated heterocycles. The summed E-state index contributed by atoms with van der Waals surface area (Å²) in [6, 6.07) is 5.43. The molecular weight excluding hydrogens is 268 g/mol. The third-order valence-electron chi connectivity index (χ3n) is 3.83. The number of aliphatic hydroxyl groups is 1. The van der Waals surface area contributed by atoms with Crippen LogP contribution in [0.4, 0.5) is 0 Å². The summed E-state index contributed by atoms with van der Waals surface area (Å²) in [4.78, 5) is 23.6. The van der Waals surface area contributed by atoms with Crippen molar-refractivity contribution in [2.24, 2.45) is 5.92 Å². The summed E-state index contributed by atoms with van der Waals surface area (Å²) in [5, 5.41) is 12.5. The number of pyridine rings is 1. The summed E-state index contributed by atoms with van der Waals surface area (Å²) in [5.74, 6) is 0.253. The molecule has 1 saturated carbocycles. The predicted molar refractivity (Wildman–Crippen MR) is 76.5 cm³/mol. The fraction of sp³-hybridized carbons (Fsp3) is 0.400. The van der Waals surface area contributed by atoms with Gasteiger partial charge in [0.1, 0.15) is 0 Å². The van der Waals surface area contributed by atoms with Crippen molar-refractivity contribution in [3.63, 3.8) is 0 Å². The first-order valence-corrected chi connectivity index (χ1v) is 7.05. The zero-order chi connectivity index (χ0) is 14.8. The lowest BCUT2D eigenvalue weighted by atomic mass is 9.76. The van der Waals surface area contributed by atoms with Crippen molar-refractivity contribution in [1.29, 1.82) is 0 Å². The maximum absolute atomic E-state index is 12.3. The SMILES string of the molecule is Cc1cnc(C(=O)N[C@H](c2ccccn2)C2CC(O)C2)[nH]1. The Morgan fingerprint density at radius 1 is 1.43 bits per heavy atom. The van der Waals surface area contributed by atoms with E-state index in [0.717, 1.165) is 11.4 Å². The van der Waals surface area contributed by atoms with E-state index in [4.69, 9.17) is 0 Å². The fourth-order valence-electron chi connectivity index (χ4n) is 2.63. The lowest BCUT2D eigenvalue weighted by Crippen LogP contribution is -2.42. The van der Waals surface area contributed by atoms with Gasteiger partial charge in [-0.15, -0.1) is 0 Å². The molecule has 0 unspecified atom stereocenters. The van der Waals surface area contributed by atoms with Gasteiger partial charge in [-0.3, -0.25) is 9.78 Å². The van der Waals surface area contributed by atoms with E-state index in [1.165, 1.54) is 0 Å². The normalized spacial score (nSPS) is 22.4. The Kier molecular flexibility index (Phi) is 3.70. The molecule has 6 heteroatoms. The van der Waals surface area contributed by atoms with Crippen molar-refractivity contribution >= 4 is 5.91 Å². The molecule has 0 radical (unpaired) electrons. The van der Waals surface area contributed by atoms with Gasteiger partial charge in [0.2, 0.25) is 0 Å². The van der Waals surface area contributed by atoms with Crippen LogP contribution in [0.1, 0.15) is 40.9 Å². The average Bonchev–Trinajstić information content (AvgIpc) is 2.89. The third kappa shape index (κ3) is 2.95. The summed E-state index contributed by atoms with van der Waals surface area (Å²) in [7, 11) is 0. The molecular formula is C15H18N4O2. The van der Waals surface area contributed by atoms with Crippen molar-refractivity contribution in [2.75, 3.05) is 0 Å². The number of aliphatic hydroxyl groups excluding tert-OH is 1. The molecule has 110 valence electrons. The van der Waals surface area contributed by atoms with Gasteiger partial charge in [-0.25, -0.2) is 4.98 Å². The standard InChI is InChI=1S/C15H18N4O2/c1-9-8-17-14(18-9)15(21)19-13(10-6-11(20)7-10)12-4-2-3-5-16-12/h2-5,8,10-11,13,20H,6-7H2,1H3,(H,17,18)(H,19,21)/t10?,11?,13-/m0/s1. The van der Waals surface area contributed by atoms with Crippen LogP contribution in [-0.2, 0) is 0 Å². The molecule has 1 atom stereocenters. The molecule has 2 heterocycles. The molecule has 0 aromatic carbocycles. The first kappa shape index (κ1) is 13.8. The number of aromatic nitrogens is 3. The maximum Gasteiger partial charge on any atom is 0.287 e. The van der Waals surface area contributed by atoms with Gasteiger partial charge in [-0.05, 0) is 37.8 Å². The highest BCUT2D eigenvalue weighted by molar-refractivity contribution is 5.90. The van der Waals surface area contributed by atoms with Gasteiger partial charge in [0.15, 0.2) is 5.82 Å². The lowest BCUT2D eigenvalue weighted by Gasteiger charge is -2.37. The van der Waals surface area contributed by atoms with Crippen LogP contribution >= 0.6 is 0 Å². The predicted octanol–water partition coefficient (Wildman–Crippen LogP) is 1.36. The van der Waals surface area contributed by atoms with Gasteiger partial charge < -0.3 is 15.4 Å². The Hall–Kier alpha value is -2.21. The van der Waals surface area contributed by atoms with Gasteiger partial charge in [-0.2, -0.15) is 0 Å². The van der Waals surface area contributed by atoms with Gasteiger partial charge >= 0.3 is 0 Å². The van der Waals surface area contributed by atoms with Gasteiger partial charge in [0.05, 0.1) is 17.8 Å². The van der Waals surface area contributed by atoms with Crippen LogP contribution in [0, 0.1) is 12.8 Å².